The number of anilines is 2. The predicted molar refractivity (Wildman–Crippen MR) is 136 cm³/mol. The average molecular weight is 461 g/mol. The van der Waals surface area contributed by atoms with Gasteiger partial charge in [0, 0.05) is 69.3 Å². The van der Waals surface area contributed by atoms with Crippen molar-refractivity contribution in [3.05, 3.63) is 84.4 Å². The Kier molecular flexibility index (Phi) is 7.88. The molecule has 2 aliphatic rings. The summed E-state index contributed by atoms with van der Waals surface area (Å²) in [5.41, 5.74) is 3.02. The zero-order valence-corrected chi connectivity index (χ0v) is 19.3. The smallest absolute Gasteiger partial charge is 0.253 e. The van der Waals surface area contributed by atoms with E-state index in [4.69, 9.17) is 5.11 Å². The van der Waals surface area contributed by atoms with E-state index in [1.54, 1.807) is 24.3 Å². The topological polar surface area (TPSA) is 79.3 Å². The molecule has 178 valence electrons. The largest absolute Gasteiger partial charge is 0.508 e. The lowest BCUT2D eigenvalue weighted by molar-refractivity contribution is 0.0747. The van der Waals surface area contributed by atoms with E-state index in [0.29, 0.717) is 18.8 Å². The minimum absolute atomic E-state index is 0.0981. The van der Waals surface area contributed by atoms with Crippen molar-refractivity contribution in [2.75, 3.05) is 62.2 Å². The molecule has 3 aromatic rings. The van der Waals surface area contributed by atoms with Gasteiger partial charge in [-0.25, -0.2) is 0 Å². The van der Waals surface area contributed by atoms with Crippen molar-refractivity contribution in [1.82, 2.24) is 10.2 Å². The van der Waals surface area contributed by atoms with E-state index in [0.717, 1.165) is 50.5 Å². The Bertz CT molecular complexity index is 1030. The van der Waals surface area contributed by atoms with Crippen molar-refractivity contribution >= 4 is 17.3 Å². The molecule has 5 rings (SSSR count). The molecule has 3 aromatic carbocycles. The minimum atomic E-state index is 0.0981. The Morgan fingerprint density at radius 3 is 1.59 bits per heavy atom. The van der Waals surface area contributed by atoms with Crippen LogP contribution in [0, 0.1) is 0 Å². The lowest BCUT2D eigenvalue weighted by Gasteiger charge is -2.36. The van der Waals surface area contributed by atoms with Crippen molar-refractivity contribution < 1.29 is 15.0 Å². The normalized spacial score (nSPS) is 15.9. The highest BCUT2D eigenvalue weighted by Gasteiger charge is 2.22. The second kappa shape index (κ2) is 11.4. The number of aromatic hydroxyl groups is 2. The standard InChI is InChI=1S/C17H18N2O2.C10H14N2O/c20-16-8-6-15(7-9-16)18-10-12-19(13-11-18)17(21)14-4-2-1-3-5-14;13-10-3-1-9(2-4-10)12-7-5-11-6-8-12/h1-9,20H,10-13H2;1-4,11,13H,5-8H2. The average Bonchev–Trinajstić information content (AvgIpc) is 2.91. The predicted octanol–water partition coefficient (Wildman–Crippen LogP) is 3.16. The molecule has 7 heteroatoms. The van der Waals surface area contributed by atoms with Gasteiger partial charge in [-0.05, 0) is 60.7 Å². The van der Waals surface area contributed by atoms with E-state index in [1.807, 2.05) is 59.5 Å². The van der Waals surface area contributed by atoms with E-state index in [9.17, 15) is 9.90 Å². The summed E-state index contributed by atoms with van der Waals surface area (Å²) >= 11 is 0. The van der Waals surface area contributed by atoms with Crippen molar-refractivity contribution in [2.45, 2.75) is 0 Å². The number of nitrogens with zero attached hydrogens (tertiary/aromatic N) is 3. The van der Waals surface area contributed by atoms with Crippen LogP contribution in [-0.4, -0.2) is 73.4 Å². The molecule has 0 radical (unpaired) electrons. The number of benzene rings is 3. The SMILES string of the molecule is O=C(c1ccccc1)N1CCN(c2ccc(O)cc2)CC1.Oc1ccc(N2CCNCC2)cc1. The Morgan fingerprint density at radius 2 is 1.09 bits per heavy atom. The van der Waals surface area contributed by atoms with Gasteiger partial charge < -0.3 is 30.2 Å². The Balaban J connectivity index is 0.000000180. The summed E-state index contributed by atoms with van der Waals surface area (Å²) in [7, 11) is 0. The van der Waals surface area contributed by atoms with E-state index < -0.39 is 0 Å². The fourth-order valence-corrected chi connectivity index (χ4v) is 4.18. The molecule has 2 fully saturated rings. The van der Waals surface area contributed by atoms with Gasteiger partial charge in [-0.3, -0.25) is 4.79 Å². The van der Waals surface area contributed by atoms with Crippen LogP contribution < -0.4 is 15.1 Å². The van der Waals surface area contributed by atoms with Crippen LogP contribution >= 0.6 is 0 Å². The van der Waals surface area contributed by atoms with Gasteiger partial charge in [0.1, 0.15) is 11.5 Å². The van der Waals surface area contributed by atoms with Crippen LogP contribution in [0.5, 0.6) is 11.5 Å². The molecule has 34 heavy (non-hydrogen) atoms. The molecule has 2 aliphatic heterocycles. The number of rotatable bonds is 3. The summed E-state index contributed by atoms with van der Waals surface area (Å²) in [6.45, 7) is 7.23. The van der Waals surface area contributed by atoms with Crippen LogP contribution in [0.4, 0.5) is 11.4 Å². The third-order valence-corrected chi connectivity index (χ3v) is 6.13. The molecule has 0 bridgehead atoms. The Hall–Kier alpha value is -3.71. The summed E-state index contributed by atoms with van der Waals surface area (Å²) in [4.78, 5) is 18.8. The number of piperazine rings is 2. The van der Waals surface area contributed by atoms with Gasteiger partial charge in [0.15, 0.2) is 0 Å². The zero-order valence-electron chi connectivity index (χ0n) is 19.3. The van der Waals surface area contributed by atoms with Crippen LogP contribution in [0.3, 0.4) is 0 Å². The van der Waals surface area contributed by atoms with Gasteiger partial charge in [0.25, 0.3) is 5.91 Å². The maximum Gasteiger partial charge on any atom is 0.253 e. The van der Waals surface area contributed by atoms with Crippen LogP contribution in [-0.2, 0) is 0 Å². The molecule has 3 N–H and O–H groups in total. The monoisotopic (exact) mass is 460 g/mol. The number of phenols is 2. The van der Waals surface area contributed by atoms with Crippen LogP contribution in [0.1, 0.15) is 10.4 Å². The third kappa shape index (κ3) is 6.20. The summed E-state index contributed by atoms with van der Waals surface area (Å²) < 4.78 is 0. The molecule has 0 atom stereocenters. The second-order valence-corrected chi connectivity index (χ2v) is 8.42. The molecular formula is C27H32N4O3. The highest BCUT2D eigenvalue weighted by atomic mass is 16.3. The van der Waals surface area contributed by atoms with Gasteiger partial charge >= 0.3 is 0 Å². The highest BCUT2D eigenvalue weighted by Crippen LogP contribution is 2.20. The fourth-order valence-electron chi connectivity index (χ4n) is 4.18. The van der Waals surface area contributed by atoms with E-state index in [-0.39, 0.29) is 11.7 Å². The molecule has 0 aliphatic carbocycles. The van der Waals surface area contributed by atoms with Crippen LogP contribution in [0.15, 0.2) is 78.9 Å². The van der Waals surface area contributed by atoms with Gasteiger partial charge in [-0.2, -0.15) is 0 Å². The van der Waals surface area contributed by atoms with Crippen LogP contribution in [0.25, 0.3) is 0 Å². The maximum atomic E-state index is 12.4. The number of carbonyl (C=O) groups excluding carboxylic acids is 1. The summed E-state index contributed by atoms with van der Waals surface area (Å²) in [6.07, 6.45) is 0. The first-order valence-corrected chi connectivity index (χ1v) is 11.7. The Labute approximate surface area is 200 Å². The number of nitrogens with one attached hydrogen (secondary N) is 1. The maximum absolute atomic E-state index is 12.4. The molecule has 1 amide bonds. The van der Waals surface area contributed by atoms with Gasteiger partial charge in [-0.15, -0.1) is 0 Å². The summed E-state index contributed by atoms with van der Waals surface area (Å²) in [5.74, 6) is 0.705. The second-order valence-electron chi connectivity index (χ2n) is 8.42. The van der Waals surface area contributed by atoms with Gasteiger partial charge in [0.05, 0.1) is 0 Å². The molecule has 0 unspecified atom stereocenters. The van der Waals surface area contributed by atoms with Crippen molar-refractivity contribution in [2.24, 2.45) is 0 Å². The van der Waals surface area contributed by atoms with E-state index in [1.165, 1.54) is 5.69 Å². The summed E-state index contributed by atoms with van der Waals surface area (Å²) in [5, 5.41) is 21.8. The number of carbonyl (C=O) groups is 1. The van der Waals surface area contributed by atoms with Gasteiger partial charge in [-0.1, -0.05) is 18.2 Å². The van der Waals surface area contributed by atoms with Crippen LogP contribution in [0.2, 0.25) is 0 Å². The zero-order chi connectivity index (χ0) is 23.8. The lowest BCUT2D eigenvalue weighted by Crippen LogP contribution is -2.48. The molecule has 0 aromatic heterocycles. The number of amides is 1. The first-order valence-electron chi connectivity index (χ1n) is 11.7. The number of hydrogen-bond acceptors (Lipinski definition) is 6. The highest BCUT2D eigenvalue weighted by molar-refractivity contribution is 5.94. The van der Waals surface area contributed by atoms with E-state index in [2.05, 4.69) is 15.1 Å². The first-order chi connectivity index (χ1) is 16.6. The van der Waals surface area contributed by atoms with Crippen molar-refractivity contribution in [3.63, 3.8) is 0 Å². The minimum Gasteiger partial charge on any atom is -0.508 e. The quantitative estimate of drug-likeness (QED) is 0.557. The molecule has 2 heterocycles. The third-order valence-electron chi connectivity index (χ3n) is 6.13. The van der Waals surface area contributed by atoms with Crippen molar-refractivity contribution in [1.29, 1.82) is 0 Å². The van der Waals surface area contributed by atoms with E-state index >= 15 is 0 Å². The molecule has 7 nitrogen and oxygen atoms in total. The first kappa shape index (κ1) is 23.4. The lowest BCUT2D eigenvalue weighted by atomic mass is 10.1. The molecule has 2 saturated heterocycles. The Morgan fingerprint density at radius 1 is 0.618 bits per heavy atom. The molecule has 0 saturated carbocycles. The molecule has 0 spiro atoms. The molecular weight excluding hydrogens is 428 g/mol. The summed E-state index contributed by atoms with van der Waals surface area (Å²) in [6, 6.07) is 24.0. The van der Waals surface area contributed by atoms with Crippen molar-refractivity contribution in [3.8, 4) is 11.5 Å². The number of hydrogen-bond donors (Lipinski definition) is 3. The van der Waals surface area contributed by atoms with Gasteiger partial charge in [0.2, 0.25) is 0 Å². The number of phenolic OH excluding ortho intramolecular Hbond substituents is 2. The fraction of sp³-hybridized carbons (Fsp3) is 0.296.